The summed E-state index contributed by atoms with van der Waals surface area (Å²) in [4.78, 5) is 24.9. The Labute approximate surface area is 171 Å². The molecule has 1 aliphatic rings. The van der Waals surface area contributed by atoms with Gasteiger partial charge in [-0.2, -0.15) is 0 Å². The summed E-state index contributed by atoms with van der Waals surface area (Å²) >= 11 is 0. The molecule has 0 spiro atoms. The predicted octanol–water partition coefficient (Wildman–Crippen LogP) is 2.54. The van der Waals surface area contributed by atoms with E-state index < -0.39 is 0 Å². The fourth-order valence-corrected chi connectivity index (χ4v) is 3.75. The van der Waals surface area contributed by atoms with Crippen molar-refractivity contribution < 1.29 is 19.1 Å². The molecule has 0 unspecified atom stereocenters. The predicted molar refractivity (Wildman–Crippen MR) is 110 cm³/mol. The molecule has 0 heterocycles. The van der Waals surface area contributed by atoms with E-state index in [0.29, 0.717) is 26.0 Å². The molecule has 6 nitrogen and oxygen atoms in total. The molecule has 154 valence electrons. The number of ether oxygens (including phenoxy) is 2. The van der Waals surface area contributed by atoms with Gasteiger partial charge in [0.15, 0.2) is 0 Å². The van der Waals surface area contributed by atoms with Crippen LogP contribution in [0, 0.1) is 11.8 Å². The van der Waals surface area contributed by atoms with E-state index in [1.165, 1.54) is 7.11 Å². The Morgan fingerprint density at radius 3 is 2.38 bits per heavy atom. The molecule has 1 fully saturated rings. The number of carbonyl (C=O) groups excluding carboxylic acids is 2. The second kappa shape index (κ2) is 10.6. The van der Waals surface area contributed by atoms with Gasteiger partial charge in [-0.1, -0.05) is 48.5 Å². The highest BCUT2D eigenvalue weighted by molar-refractivity contribution is 5.82. The quantitative estimate of drug-likeness (QED) is 0.683. The molecule has 2 N–H and O–H groups in total. The van der Waals surface area contributed by atoms with Crippen molar-refractivity contribution in [3.05, 3.63) is 66.2 Å². The van der Waals surface area contributed by atoms with Crippen molar-refractivity contribution in [3.8, 4) is 5.75 Å². The van der Waals surface area contributed by atoms with Gasteiger partial charge in [-0.05, 0) is 36.5 Å². The van der Waals surface area contributed by atoms with E-state index in [1.54, 1.807) is 0 Å². The molecule has 2 amide bonds. The Balaban J connectivity index is 1.59. The lowest BCUT2D eigenvalue weighted by molar-refractivity contribution is -0.128. The van der Waals surface area contributed by atoms with E-state index in [-0.39, 0.29) is 36.3 Å². The maximum atomic E-state index is 12.9. The average Bonchev–Trinajstić information content (AvgIpc) is 3.15. The zero-order valence-electron chi connectivity index (χ0n) is 16.7. The van der Waals surface area contributed by atoms with E-state index in [4.69, 9.17) is 9.47 Å². The lowest BCUT2D eigenvalue weighted by atomic mass is 10.0. The highest BCUT2D eigenvalue weighted by Gasteiger charge is 2.39. The van der Waals surface area contributed by atoms with Gasteiger partial charge in [-0.15, -0.1) is 0 Å². The number of para-hydroxylation sites is 1. The molecule has 3 rings (SSSR count). The van der Waals surface area contributed by atoms with E-state index in [2.05, 4.69) is 10.6 Å². The van der Waals surface area contributed by atoms with E-state index in [9.17, 15) is 9.59 Å². The molecule has 6 heteroatoms. The Morgan fingerprint density at radius 2 is 1.69 bits per heavy atom. The second-order valence-corrected chi connectivity index (χ2v) is 7.38. The molecule has 0 aliphatic heterocycles. The Hall–Kier alpha value is -2.86. The van der Waals surface area contributed by atoms with Crippen LogP contribution in [0.3, 0.4) is 0 Å². The fourth-order valence-electron chi connectivity index (χ4n) is 3.75. The minimum Gasteiger partial charge on any atom is -0.493 e. The molecule has 0 bridgehead atoms. The average molecular weight is 396 g/mol. The number of carbonyl (C=O) groups is 2. The van der Waals surface area contributed by atoms with E-state index in [1.807, 2.05) is 60.7 Å². The third kappa shape index (κ3) is 6.32. The van der Waals surface area contributed by atoms with Gasteiger partial charge in [-0.3, -0.25) is 9.59 Å². The summed E-state index contributed by atoms with van der Waals surface area (Å²) in [5.41, 5.74) is 1.04. The van der Waals surface area contributed by atoms with Crippen LogP contribution in [-0.2, 0) is 20.9 Å². The number of nitrogens with one attached hydrogen (secondary N) is 2. The highest BCUT2D eigenvalue weighted by Crippen LogP contribution is 2.32. The summed E-state index contributed by atoms with van der Waals surface area (Å²) in [6.07, 6.45) is 1.37. The largest absolute Gasteiger partial charge is 0.493 e. The van der Waals surface area contributed by atoms with Crippen LogP contribution in [-0.4, -0.2) is 38.2 Å². The van der Waals surface area contributed by atoms with Gasteiger partial charge in [0, 0.05) is 19.7 Å². The van der Waals surface area contributed by atoms with Gasteiger partial charge in [-0.25, -0.2) is 0 Å². The number of benzene rings is 2. The summed E-state index contributed by atoms with van der Waals surface area (Å²) in [6.45, 7) is 0.975. The summed E-state index contributed by atoms with van der Waals surface area (Å²) in [7, 11) is 1.48. The standard InChI is InChI=1S/C23H28N2O4/c1-28-16-22(26)25-21-13-18(15-29-19-10-6-3-7-11-19)12-20(21)23(27)24-14-17-8-4-2-5-9-17/h2-11,18,20-21H,12-16H2,1H3,(H,24,27)(H,25,26)/t18-,20-,21-/m1/s1. The maximum Gasteiger partial charge on any atom is 0.246 e. The first-order valence-corrected chi connectivity index (χ1v) is 9.93. The first kappa shape index (κ1) is 20.9. The topological polar surface area (TPSA) is 76.7 Å². The zero-order valence-corrected chi connectivity index (χ0v) is 16.7. The van der Waals surface area contributed by atoms with Crippen molar-refractivity contribution in [2.24, 2.45) is 11.8 Å². The maximum absolute atomic E-state index is 12.9. The van der Waals surface area contributed by atoms with Crippen LogP contribution in [0.25, 0.3) is 0 Å². The van der Waals surface area contributed by atoms with E-state index >= 15 is 0 Å². The zero-order chi connectivity index (χ0) is 20.5. The van der Waals surface area contributed by atoms with Crippen molar-refractivity contribution in [2.45, 2.75) is 25.4 Å². The van der Waals surface area contributed by atoms with Crippen molar-refractivity contribution in [1.29, 1.82) is 0 Å². The molecule has 0 saturated heterocycles. The van der Waals surface area contributed by atoms with Crippen LogP contribution in [0.5, 0.6) is 5.75 Å². The molecule has 1 saturated carbocycles. The first-order valence-electron chi connectivity index (χ1n) is 9.93. The molecule has 0 aromatic heterocycles. The van der Waals surface area contributed by atoms with Crippen LogP contribution in [0.15, 0.2) is 60.7 Å². The summed E-state index contributed by atoms with van der Waals surface area (Å²) in [6, 6.07) is 19.2. The minimum absolute atomic E-state index is 0.0139. The molecule has 1 aliphatic carbocycles. The van der Waals surface area contributed by atoms with Gasteiger partial charge in [0.2, 0.25) is 11.8 Å². The van der Waals surface area contributed by atoms with Crippen LogP contribution in [0.1, 0.15) is 18.4 Å². The van der Waals surface area contributed by atoms with Gasteiger partial charge in [0.05, 0.1) is 12.5 Å². The normalized spacial score (nSPS) is 20.8. The summed E-state index contributed by atoms with van der Waals surface area (Å²) in [5.74, 6) is 0.464. The lowest BCUT2D eigenvalue weighted by Gasteiger charge is -2.20. The smallest absolute Gasteiger partial charge is 0.246 e. The number of hydrogen-bond acceptors (Lipinski definition) is 4. The van der Waals surface area contributed by atoms with Gasteiger partial charge < -0.3 is 20.1 Å². The third-order valence-corrected chi connectivity index (χ3v) is 5.16. The lowest BCUT2D eigenvalue weighted by Crippen LogP contribution is -2.44. The van der Waals surface area contributed by atoms with Crippen LogP contribution < -0.4 is 15.4 Å². The van der Waals surface area contributed by atoms with Crippen LogP contribution in [0.4, 0.5) is 0 Å². The van der Waals surface area contributed by atoms with Gasteiger partial charge in [0.1, 0.15) is 12.4 Å². The molecule has 2 aromatic carbocycles. The SMILES string of the molecule is COCC(=O)N[C@@H]1C[C@H](COc2ccccc2)C[C@H]1C(=O)NCc1ccccc1. The van der Waals surface area contributed by atoms with Crippen molar-refractivity contribution >= 4 is 11.8 Å². The molecular formula is C23H28N2O4. The monoisotopic (exact) mass is 396 g/mol. The molecular weight excluding hydrogens is 368 g/mol. The summed E-state index contributed by atoms with van der Waals surface area (Å²) < 4.78 is 10.8. The highest BCUT2D eigenvalue weighted by atomic mass is 16.5. The van der Waals surface area contributed by atoms with Gasteiger partial charge >= 0.3 is 0 Å². The van der Waals surface area contributed by atoms with Crippen LogP contribution >= 0.6 is 0 Å². The minimum atomic E-state index is -0.288. The summed E-state index contributed by atoms with van der Waals surface area (Å²) in [5, 5.41) is 5.96. The van der Waals surface area contributed by atoms with Crippen molar-refractivity contribution in [3.63, 3.8) is 0 Å². The third-order valence-electron chi connectivity index (χ3n) is 5.16. The number of amides is 2. The van der Waals surface area contributed by atoms with Crippen molar-refractivity contribution in [1.82, 2.24) is 10.6 Å². The fraction of sp³-hybridized carbons (Fsp3) is 0.391. The number of hydrogen-bond donors (Lipinski definition) is 2. The molecule has 0 radical (unpaired) electrons. The Kier molecular flexibility index (Phi) is 7.64. The van der Waals surface area contributed by atoms with E-state index in [0.717, 1.165) is 11.3 Å². The Bertz CT molecular complexity index is 782. The Morgan fingerprint density at radius 1 is 1.00 bits per heavy atom. The van der Waals surface area contributed by atoms with Gasteiger partial charge in [0.25, 0.3) is 0 Å². The van der Waals surface area contributed by atoms with Crippen molar-refractivity contribution in [2.75, 3.05) is 20.3 Å². The number of methoxy groups -OCH3 is 1. The first-order chi connectivity index (χ1) is 14.2. The molecule has 2 aromatic rings. The molecule has 29 heavy (non-hydrogen) atoms. The second-order valence-electron chi connectivity index (χ2n) is 7.38. The van der Waals surface area contributed by atoms with Crippen LogP contribution in [0.2, 0.25) is 0 Å². The number of rotatable bonds is 9. The molecule has 3 atom stereocenters.